The number of benzene rings is 5. The number of fused-ring (bicyclic) bond motifs is 9. The van der Waals surface area contributed by atoms with E-state index in [0.717, 1.165) is 82.9 Å². The Hall–Kier alpha value is -6.04. The standard InChI is InChI=1S/C38H21N3O2/c39-20-22-12-14-34-28(16-22)30-18-37-31(19-36(30)42-34)29-17-23(13-15-35(29)43-37)25-9-5-6-24(21-40)38(25)41-32-10-3-1-7-26(32)27-8-2-4-11-33(27)41/h1-15,17-19,22H,16H2. The molecule has 0 aliphatic heterocycles. The molecule has 0 amide bonds. The van der Waals surface area contributed by atoms with Crippen molar-refractivity contribution in [3.05, 3.63) is 120 Å². The summed E-state index contributed by atoms with van der Waals surface area (Å²) in [6.45, 7) is 0. The molecule has 0 saturated heterocycles. The van der Waals surface area contributed by atoms with E-state index in [0.29, 0.717) is 12.0 Å². The van der Waals surface area contributed by atoms with Crippen molar-refractivity contribution in [2.24, 2.45) is 5.92 Å². The van der Waals surface area contributed by atoms with Crippen LogP contribution in [0.1, 0.15) is 16.9 Å². The van der Waals surface area contributed by atoms with E-state index in [2.05, 4.69) is 71.3 Å². The topological polar surface area (TPSA) is 78.8 Å². The SMILES string of the molecule is N#Cc1cccc(-c2ccc3oc4cc5c6c(oc5cc4c3c2)C=CC(C#N)C6)c1-n1c2ccccc2c2ccccc21. The molecule has 5 aromatic carbocycles. The van der Waals surface area contributed by atoms with Crippen molar-refractivity contribution in [3.63, 3.8) is 0 Å². The average Bonchev–Trinajstić information content (AvgIpc) is 3.71. The molecule has 43 heavy (non-hydrogen) atoms. The number of allylic oxidation sites excluding steroid dienone is 1. The van der Waals surface area contributed by atoms with Gasteiger partial charge in [-0.25, -0.2) is 0 Å². The second-order valence-corrected chi connectivity index (χ2v) is 11.1. The first-order valence-electron chi connectivity index (χ1n) is 14.2. The van der Waals surface area contributed by atoms with Gasteiger partial charge in [-0.3, -0.25) is 0 Å². The first kappa shape index (κ1) is 23.6. The molecule has 1 unspecified atom stereocenters. The zero-order valence-corrected chi connectivity index (χ0v) is 22.8. The Morgan fingerprint density at radius 2 is 1.40 bits per heavy atom. The summed E-state index contributed by atoms with van der Waals surface area (Å²) < 4.78 is 14.8. The van der Waals surface area contributed by atoms with E-state index < -0.39 is 0 Å². The molecule has 0 fully saturated rings. The maximum Gasteiger partial charge on any atom is 0.136 e. The predicted octanol–water partition coefficient (Wildman–Crippen LogP) is 9.68. The van der Waals surface area contributed by atoms with Crippen molar-refractivity contribution in [2.75, 3.05) is 0 Å². The number of nitriles is 2. The van der Waals surface area contributed by atoms with Gasteiger partial charge in [0.2, 0.25) is 0 Å². The largest absolute Gasteiger partial charge is 0.456 e. The summed E-state index contributed by atoms with van der Waals surface area (Å²) in [6, 6.07) is 37.7. The summed E-state index contributed by atoms with van der Waals surface area (Å²) in [5.41, 5.74) is 8.92. The Kier molecular flexibility index (Phi) is 4.80. The van der Waals surface area contributed by atoms with Gasteiger partial charge in [-0.05, 0) is 60.5 Å². The van der Waals surface area contributed by atoms with Gasteiger partial charge in [0.1, 0.15) is 28.6 Å². The van der Waals surface area contributed by atoms with Gasteiger partial charge in [0.05, 0.1) is 34.3 Å². The Balaban J connectivity index is 1.29. The fourth-order valence-corrected chi connectivity index (χ4v) is 6.80. The van der Waals surface area contributed by atoms with Crippen molar-refractivity contribution in [1.29, 1.82) is 10.5 Å². The molecule has 0 saturated carbocycles. The lowest BCUT2D eigenvalue weighted by Gasteiger charge is -2.16. The molecule has 1 aliphatic rings. The molecule has 1 aliphatic carbocycles. The predicted molar refractivity (Wildman–Crippen MR) is 170 cm³/mol. The highest BCUT2D eigenvalue weighted by Gasteiger charge is 2.23. The zero-order valence-electron chi connectivity index (χ0n) is 22.8. The zero-order chi connectivity index (χ0) is 28.7. The van der Waals surface area contributed by atoms with E-state index in [1.54, 1.807) is 0 Å². The van der Waals surface area contributed by atoms with E-state index in [-0.39, 0.29) is 5.92 Å². The molecule has 0 spiro atoms. The Labute approximate surface area is 245 Å². The van der Waals surface area contributed by atoms with Crippen LogP contribution in [0, 0.1) is 28.6 Å². The van der Waals surface area contributed by atoms with Crippen LogP contribution in [0.2, 0.25) is 0 Å². The van der Waals surface area contributed by atoms with Gasteiger partial charge in [0, 0.05) is 38.1 Å². The van der Waals surface area contributed by atoms with Crippen LogP contribution in [-0.4, -0.2) is 4.57 Å². The Morgan fingerprint density at radius 3 is 2.16 bits per heavy atom. The molecular formula is C38H21N3O2. The first-order valence-corrected chi connectivity index (χ1v) is 14.2. The molecule has 5 nitrogen and oxygen atoms in total. The third-order valence-electron chi connectivity index (χ3n) is 8.75. The number of hydrogen-bond acceptors (Lipinski definition) is 4. The summed E-state index contributed by atoms with van der Waals surface area (Å²) in [5, 5.41) is 25.0. The quantitative estimate of drug-likeness (QED) is 0.214. The second-order valence-electron chi connectivity index (χ2n) is 11.1. The summed E-state index contributed by atoms with van der Waals surface area (Å²) in [7, 11) is 0. The van der Waals surface area contributed by atoms with Crippen LogP contribution in [-0.2, 0) is 6.42 Å². The monoisotopic (exact) mass is 551 g/mol. The summed E-state index contributed by atoms with van der Waals surface area (Å²) in [5.74, 6) is 0.651. The van der Waals surface area contributed by atoms with Crippen LogP contribution < -0.4 is 0 Å². The molecule has 0 N–H and O–H groups in total. The highest BCUT2D eigenvalue weighted by molar-refractivity contribution is 6.12. The number of aromatic nitrogens is 1. The molecule has 3 aromatic heterocycles. The van der Waals surface area contributed by atoms with E-state index in [4.69, 9.17) is 8.83 Å². The van der Waals surface area contributed by atoms with E-state index in [1.165, 1.54) is 0 Å². The lowest BCUT2D eigenvalue weighted by Crippen LogP contribution is -2.02. The summed E-state index contributed by atoms with van der Waals surface area (Å²) >= 11 is 0. The maximum absolute atomic E-state index is 10.3. The normalized spacial score (nSPS) is 14.5. The molecule has 1 atom stereocenters. The lowest BCUT2D eigenvalue weighted by atomic mass is 9.93. The van der Waals surface area contributed by atoms with Gasteiger partial charge in [-0.15, -0.1) is 0 Å². The van der Waals surface area contributed by atoms with Crippen molar-refractivity contribution in [1.82, 2.24) is 4.57 Å². The smallest absolute Gasteiger partial charge is 0.136 e. The third-order valence-corrected chi connectivity index (χ3v) is 8.75. The van der Waals surface area contributed by atoms with E-state index >= 15 is 0 Å². The summed E-state index contributed by atoms with van der Waals surface area (Å²) in [6.07, 6.45) is 4.44. The van der Waals surface area contributed by atoms with Crippen LogP contribution in [0.3, 0.4) is 0 Å². The highest BCUT2D eigenvalue weighted by Crippen LogP contribution is 2.42. The van der Waals surface area contributed by atoms with Crippen LogP contribution in [0.25, 0.3) is 77.6 Å². The van der Waals surface area contributed by atoms with Crippen LogP contribution >= 0.6 is 0 Å². The molecule has 200 valence electrons. The minimum Gasteiger partial charge on any atom is -0.456 e. The number of furan rings is 2. The van der Waals surface area contributed by atoms with Gasteiger partial charge < -0.3 is 13.4 Å². The molecule has 0 radical (unpaired) electrons. The van der Waals surface area contributed by atoms with E-state index in [1.807, 2.05) is 54.6 Å². The third kappa shape index (κ3) is 3.31. The van der Waals surface area contributed by atoms with Crippen molar-refractivity contribution in [2.45, 2.75) is 6.42 Å². The molecule has 5 heteroatoms. The van der Waals surface area contributed by atoms with Gasteiger partial charge in [0.25, 0.3) is 0 Å². The average molecular weight is 552 g/mol. The van der Waals surface area contributed by atoms with E-state index in [9.17, 15) is 10.5 Å². The van der Waals surface area contributed by atoms with Crippen LogP contribution in [0.15, 0.2) is 112 Å². The number of para-hydroxylation sites is 3. The fourth-order valence-electron chi connectivity index (χ4n) is 6.80. The van der Waals surface area contributed by atoms with Crippen LogP contribution in [0.4, 0.5) is 0 Å². The second kappa shape index (κ2) is 8.73. The maximum atomic E-state index is 10.3. The highest BCUT2D eigenvalue weighted by atomic mass is 16.3. The fraction of sp³-hybridized carbons (Fsp3) is 0.0526. The van der Waals surface area contributed by atoms with Gasteiger partial charge in [0.15, 0.2) is 0 Å². The first-order chi connectivity index (χ1) is 21.2. The van der Waals surface area contributed by atoms with Gasteiger partial charge >= 0.3 is 0 Å². The number of hydrogen-bond donors (Lipinski definition) is 0. The molecule has 8 aromatic rings. The molecular weight excluding hydrogens is 530 g/mol. The number of rotatable bonds is 2. The Morgan fingerprint density at radius 1 is 0.674 bits per heavy atom. The van der Waals surface area contributed by atoms with Crippen LogP contribution in [0.5, 0.6) is 0 Å². The Bertz CT molecular complexity index is 2530. The van der Waals surface area contributed by atoms with Gasteiger partial charge in [-0.2, -0.15) is 10.5 Å². The van der Waals surface area contributed by atoms with Crippen molar-refractivity contribution < 1.29 is 8.83 Å². The minimum atomic E-state index is -0.157. The molecule has 0 bridgehead atoms. The van der Waals surface area contributed by atoms with Crippen molar-refractivity contribution >= 4 is 60.8 Å². The number of nitrogens with zero attached hydrogens (tertiary/aromatic N) is 3. The van der Waals surface area contributed by atoms with Gasteiger partial charge in [-0.1, -0.05) is 60.7 Å². The molecule has 3 heterocycles. The van der Waals surface area contributed by atoms with Crippen molar-refractivity contribution in [3.8, 4) is 29.0 Å². The minimum absolute atomic E-state index is 0.157. The summed E-state index contributed by atoms with van der Waals surface area (Å²) in [4.78, 5) is 0. The lowest BCUT2D eigenvalue weighted by molar-refractivity contribution is 0.590. The molecule has 9 rings (SSSR count).